The number of para-hydroxylation sites is 1. The lowest BCUT2D eigenvalue weighted by Crippen LogP contribution is -2.15. The Morgan fingerprint density at radius 1 is 0.921 bits per heavy atom. The van der Waals surface area contributed by atoms with Crippen LogP contribution in [0, 0.1) is 6.92 Å². The van der Waals surface area contributed by atoms with Gasteiger partial charge in [-0.15, -0.1) is 0 Å². The lowest BCUT2D eigenvalue weighted by atomic mass is 9.92. The van der Waals surface area contributed by atoms with Crippen LogP contribution in [-0.4, -0.2) is 30.6 Å². The smallest absolute Gasteiger partial charge is 0.256 e. The molecule has 0 saturated heterocycles. The summed E-state index contributed by atoms with van der Waals surface area (Å²) in [6.45, 7) is 8.19. The van der Waals surface area contributed by atoms with Crippen LogP contribution in [0.3, 0.4) is 0 Å². The summed E-state index contributed by atoms with van der Waals surface area (Å²) in [6.07, 6.45) is 4.80. The lowest BCUT2D eigenvalue weighted by molar-refractivity contribution is 0.102. The summed E-state index contributed by atoms with van der Waals surface area (Å²) in [6, 6.07) is 22.5. The van der Waals surface area contributed by atoms with E-state index in [4.69, 9.17) is 9.84 Å². The van der Waals surface area contributed by atoms with Crippen molar-refractivity contribution < 1.29 is 9.53 Å². The predicted octanol–water partition coefficient (Wildman–Crippen LogP) is 6.37. The molecule has 0 unspecified atom stereocenters. The van der Waals surface area contributed by atoms with E-state index in [1.807, 2.05) is 61.5 Å². The zero-order chi connectivity index (χ0) is 26.7. The molecule has 38 heavy (non-hydrogen) atoms. The molecular formula is C30H28N6O2. The Bertz CT molecular complexity index is 1570. The Morgan fingerprint density at radius 2 is 1.74 bits per heavy atom. The molecule has 1 N–H and O–H groups in total. The van der Waals surface area contributed by atoms with Crippen molar-refractivity contribution in [3.63, 3.8) is 0 Å². The number of rotatable bonds is 6. The van der Waals surface area contributed by atoms with Crippen molar-refractivity contribution in [1.82, 2.24) is 24.7 Å². The largest absolute Gasteiger partial charge is 0.438 e. The fourth-order valence-electron chi connectivity index (χ4n) is 3.86. The fourth-order valence-corrected chi connectivity index (χ4v) is 3.86. The van der Waals surface area contributed by atoms with Gasteiger partial charge < -0.3 is 10.1 Å². The Balaban J connectivity index is 1.45. The first-order valence-corrected chi connectivity index (χ1v) is 12.3. The van der Waals surface area contributed by atoms with Gasteiger partial charge in [0.05, 0.1) is 22.6 Å². The fraction of sp³-hybridized carbons (Fsp3) is 0.167. The number of nitrogens with one attached hydrogen (secondary N) is 1. The second-order valence-electron chi connectivity index (χ2n) is 9.90. The molecule has 3 aromatic heterocycles. The number of nitrogens with zero attached hydrogens (tertiary/aromatic N) is 5. The molecule has 1 amide bonds. The summed E-state index contributed by atoms with van der Waals surface area (Å²) in [4.78, 5) is 26.1. The van der Waals surface area contributed by atoms with Gasteiger partial charge in [0.2, 0.25) is 5.88 Å². The van der Waals surface area contributed by atoms with Gasteiger partial charge in [-0.3, -0.25) is 4.79 Å². The molecule has 0 bridgehead atoms. The highest BCUT2D eigenvalue weighted by molar-refractivity contribution is 6.04. The SMILES string of the molecule is Cc1ccc(C(=O)Nc2cc(C(C)(C)C)nn2-c2ccccc2)cc1Oc1ncccc1-c1ccncn1. The van der Waals surface area contributed by atoms with Crippen molar-refractivity contribution in [2.75, 3.05) is 5.32 Å². The molecule has 0 radical (unpaired) electrons. The first-order valence-electron chi connectivity index (χ1n) is 12.3. The highest BCUT2D eigenvalue weighted by Crippen LogP contribution is 2.32. The molecule has 0 fully saturated rings. The molecule has 0 aliphatic heterocycles. The molecule has 0 aliphatic rings. The van der Waals surface area contributed by atoms with Crippen molar-refractivity contribution >= 4 is 11.7 Å². The molecule has 3 heterocycles. The zero-order valence-electron chi connectivity index (χ0n) is 21.7. The van der Waals surface area contributed by atoms with Gasteiger partial charge in [-0.05, 0) is 55.0 Å². The van der Waals surface area contributed by atoms with E-state index in [0.29, 0.717) is 28.7 Å². The lowest BCUT2D eigenvalue weighted by Gasteiger charge is -2.14. The molecule has 0 spiro atoms. The molecule has 190 valence electrons. The van der Waals surface area contributed by atoms with Gasteiger partial charge >= 0.3 is 0 Å². The molecule has 8 heteroatoms. The van der Waals surface area contributed by atoms with Gasteiger partial charge in [0.15, 0.2) is 0 Å². The summed E-state index contributed by atoms with van der Waals surface area (Å²) in [7, 11) is 0. The number of carbonyl (C=O) groups excluding carboxylic acids is 1. The Morgan fingerprint density at radius 3 is 2.47 bits per heavy atom. The average Bonchev–Trinajstić information content (AvgIpc) is 3.36. The molecular weight excluding hydrogens is 476 g/mol. The zero-order valence-corrected chi connectivity index (χ0v) is 21.7. The normalized spacial score (nSPS) is 11.3. The van der Waals surface area contributed by atoms with Gasteiger partial charge in [-0.1, -0.05) is 45.0 Å². The molecule has 0 aliphatic carbocycles. The van der Waals surface area contributed by atoms with Crippen LogP contribution in [0.25, 0.3) is 16.9 Å². The Kier molecular flexibility index (Phi) is 6.70. The van der Waals surface area contributed by atoms with E-state index in [1.165, 1.54) is 6.33 Å². The molecule has 5 aromatic rings. The first-order chi connectivity index (χ1) is 18.3. The van der Waals surface area contributed by atoms with Crippen molar-refractivity contribution in [1.29, 1.82) is 0 Å². The third-order valence-corrected chi connectivity index (χ3v) is 6.01. The number of hydrogen-bond acceptors (Lipinski definition) is 6. The number of pyridine rings is 1. The van der Waals surface area contributed by atoms with Crippen molar-refractivity contribution in [3.05, 3.63) is 108 Å². The van der Waals surface area contributed by atoms with Crippen LogP contribution in [0.2, 0.25) is 0 Å². The van der Waals surface area contributed by atoms with Gasteiger partial charge in [-0.2, -0.15) is 5.10 Å². The number of anilines is 1. The van der Waals surface area contributed by atoms with Crippen LogP contribution in [0.4, 0.5) is 5.82 Å². The second kappa shape index (κ2) is 10.3. The minimum atomic E-state index is -0.274. The Hall–Kier alpha value is -4.85. The molecule has 0 atom stereocenters. The van der Waals surface area contributed by atoms with E-state index in [-0.39, 0.29) is 11.3 Å². The van der Waals surface area contributed by atoms with Crippen LogP contribution < -0.4 is 10.1 Å². The molecule has 2 aromatic carbocycles. The maximum atomic E-state index is 13.4. The summed E-state index contributed by atoms with van der Waals surface area (Å²) in [5.74, 6) is 1.23. The van der Waals surface area contributed by atoms with Crippen LogP contribution >= 0.6 is 0 Å². The molecule has 0 saturated carbocycles. The highest BCUT2D eigenvalue weighted by atomic mass is 16.5. The maximum Gasteiger partial charge on any atom is 0.256 e. The van der Waals surface area contributed by atoms with Gasteiger partial charge in [-0.25, -0.2) is 19.6 Å². The average molecular weight is 505 g/mol. The Labute approximate surface area is 221 Å². The number of aryl methyl sites for hydroxylation is 1. The summed E-state index contributed by atoms with van der Waals surface area (Å²) in [5, 5.41) is 7.82. The second-order valence-corrected chi connectivity index (χ2v) is 9.90. The topological polar surface area (TPSA) is 94.8 Å². The maximum absolute atomic E-state index is 13.4. The number of benzene rings is 2. The monoisotopic (exact) mass is 504 g/mol. The van der Waals surface area contributed by atoms with E-state index in [0.717, 1.165) is 22.5 Å². The van der Waals surface area contributed by atoms with Crippen LogP contribution in [0.1, 0.15) is 42.4 Å². The highest BCUT2D eigenvalue weighted by Gasteiger charge is 2.22. The van der Waals surface area contributed by atoms with Crippen molar-refractivity contribution in [2.24, 2.45) is 0 Å². The number of aromatic nitrogens is 5. The quantitative estimate of drug-likeness (QED) is 0.289. The number of ether oxygens (including phenoxy) is 1. The third kappa shape index (κ3) is 5.29. The summed E-state index contributed by atoms with van der Waals surface area (Å²) < 4.78 is 7.96. The van der Waals surface area contributed by atoms with E-state index >= 15 is 0 Å². The number of carbonyl (C=O) groups is 1. The van der Waals surface area contributed by atoms with E-state index in [1.54, 1.807) is 35.3 Å². The number of amides is 1. The minimum Gasteiger partial charge on any atom is -0.438 e. The molecule has 8 nitrogen and oxygen atoms in total. The van der Waals surface area contributed by atoms with Crippen molar-refractivity contribution in [3.8, 4) is 28.6 Å². The van der Waals surface area contributed by atoms with Gasteiger partial charge in [0.1, 0.15) is 17.9 Å². The van der Waals surface area contributed by atoms with E-state index in [2.05, 4.69) is 41.0 Å². The van der Waals surface area contributed by atoms with Crippen LogP contribution in [0.15, 0.2) is 91.5 Å². The van der Waals surface area contributed by atoms with Gasteiger partial charge in [0.25, 0.3) is 5.91 Å². The summed E-state index contributed by atoms with van der Waals surface area (Å²) in [5.41, 5.74) is 4.28. The standard InChI is InChI=1S/C30H28N6O2/c1-20-12-13-21(17-25(20)38-29-23(11-8-15-32-29)24-14-16-31-19-33-24)28(37)34-27-18-26(30(2,3)4)35-36(27)22-9-6-5-7-10-22/h5-19H,1-4H3,(H,34,37). The minimum absolute atomic E-state index is 0.186. The van der Waals surface area contributed by atoms with E-state index < -0.39 is 0 Å². The third-order valence-electron chi connectivity index (χ3n) is 6.01. The van der Waals surface area contributed by atoms with Crippen LogP contribution in [0.5, 0.6) is 11.6 Å². The van der Waals surface area contributed by atoms with E-state index in [9.17, 15) is 4.79 Å². The molecule has 5 rings (SSSR count). The summed E-state index contributed by atoms with van der Waals surface area (Å²) >= 11 is 0. The number of hydrogen-bond donors (Lipinski definition) is 1. The van der Waals surface area contributed by atoms with Gasteiger partial charge in [0, 0.05) is 29.4 Å². The van der Waals surface area contributed by atoms with Crippen molar-refractivity contribution in [2.45, 2.75) is 33.1 Å². The van der Waals surface area contributed by atoms with Crippen LogP contribution in [-0.2, 0) is 5.41 Å². The predicted molar refractivity (Wildman–Crippen MR) is 147 cm³/mol. The first kappa shape index (κ1) is 24.8.